The maximum Gasteiger partial charge on any atom is 0.146 e. The van der Waals surface area contributed by atoms with Crippen LogP contribution < -0.4 is 10.2 Å². The third-order valence-corrected chi connectivity index (χ3v) is 4.45. The van der Waals surface area contributed by atoms with Crippen molar-refractivity contribution in [1.82, 2.24) is 5.32 Å². The predicted octanol–water partition coefficient (Wildman–Crippen LogP) is 4.51. The van der Waals surface area contributed by atoms with Crippen LogP contribution in [0.4, 0.5) is 10.1 Å². The Morgan fingerprint density at radius 2 is 1.95 bits per heavy atom. The van der Waals surface area contributed by atoms with Gasteiger partial charge in [-0.15, -0.1) is 0 Å². The number of benzene rings is 2. The van der Waals surface area contributed by atoms with E-state index < -0.39 is 0 Å². The molecule has 0 fully saturated rings. The van der Waals surface area contributed by atoms with Gasteiger partial charge in [0.05, 0.1) is 5.69 Å². The van der Waals surface area contributed by atoms with Gasteiger partial charge in [-0.2, -0.15) is 0 Å². The fraction of sp³-hybridized carbons (Fsp3) is 0.294. The summed E-state index contributed by atoms with van der Waals surface area (Å²) in [6.45, 7) is 2.67. The van der Waals surface area contributed by atoms with Gasteiger partial charge in [-0.05, 0) is 43.3 Å². The van der Waals surface area contributed by atoms with Gasteiger partial charge in [0.2, 0.25) is 0 Å². The minimum absolute atomic E-state index is 0.141. The molecule has 0 aromatic heterocycles. The van der Waals surface area contributed by atoms with Crippen LogP contribution in [0.5, 0.6) is 0 Å². The van der Waals surface area contributed by atoms with Crippen LogP contribution in [0.15, 0.2) is 46.9 Å². The molecule has 0 aliphatic carbocycles. The standard InChI is InChI=1S/C17H20BrFN2/c1-12(20-2)13-8-9-17(16(19)10-13)21(3)11-14-6-4-5-7-15(14)18/h4-10,12,20H,11H2,1-3H3. The highest BCUT2D eigenvalue weighted by molar-refractivity contribution is 9.10. The third kappa shape index (κ3) is 3.83. The first kappa shape index (κ1) is 16.0. The van der Waals surface area contributed by atoms with E-state index in [-0.39, 0.29) is 11.9 Å². The molecule has 0 radical (unpaired) electrons. The Morgan fingerprint density at radius 1 is 1.24 bits per heavy atom. The third-order valence-electron chi connectivity index (χ3n) is 3.68. The molecule has 0 spiro atoms. The van der Waals surface area contributed by atoms with E-state index >= 15 is 0 Å². The van der Waals surface area contributed by atoms with Gasteiger partial charge in [-0.3, -0.25) is 0 Å². The average molecular weight is 351 g/mol. The quantitative estimate of drug-likeness (QED) is 0.853. The van der Waals surface area contributed by atoms with Crippen LogP contribution in [-0.4, -0.2) is 14.1 Å². The van der Waals surface area contributed by atoms with Crippen molar-refractivity contribution in [2.75, 3.05) is 19.0 Å². The molecule has 1 N–H and O–H groups in total. The van der Waals surface area contributed by atoms with Crippen LogP contribution in [0.1, 0.15) is 24.1 Å². The fourth-order valence-corrected chi connectivity index (χ4v) is 2.65. The van der Waals surface area contributed by atoms with Crippen molar-refractivity contribution in [3.63, 3.8) is 0 Å². The number of halogens is 2. The molecule has 2 aromatic carbocycles. The molecule has 0 bridgehead atoms. The molecule has 112 valence electrons. The summed E-state index contributed by atoms with van der Waals surface area (Å²) in [6, 6.07) is 13.6. The van der Waals surface area contributed by atoms with E-state index in [1.807, 2.05) is 62.3 Å². The molecule has 0 saturated carbocycles. The smallest absolute Gasteiger partial charge is 0.146 e. The Labute approximate surface area is 134 Å². The monoisotopic (exact) mass is 350 g/mol. The first-order chi connectivity index (χ1) is 10.0. The van der Waals surface area contributed by atoms with Gasteiger partial charge >= 0.3 is 0 Å². The van der Waals surface area contributed by atoms with E-state index in [0.717, 1.165) is 15.6 Å². The second-order valence-corrected chi connectivity index (χ2v) is 6.02. The van der Waals surface area contributed by atoms with Crippen molar-refractivity contribution in [3.8, 4) is 0 Å². The van der Waals surface area contributed by atoms with Gasteiger partial charge in [-0.1, -0.05) is 40.2 Å². The molecule has 4 heteroatoms. The van der Waals surface area contributed by atoms with Crippen LogP contribution in [0, 0.1) is 5.82 Å². The van der Waals surface area contributed by atoms with Crippen molar-refractivity contribution < 1.29 is 4.39 Å². The number of rotatable bonds is 5. The molecular weight excluding hydrogens is 331 g/mol. The van der Waals surface area contributed by atoms with Crippen molar-refractivity contribution in [1.29, 1.82) is 0 Å². The van der Waals surface area contributed by atoms with Crippen LogP contribution in [-0.2, 0) is 6.54 Å². The zero-order valence-corrected chi connectivity index (χ0v) is 14.1. The number of hydrogen-bond acceptors (Lipinski definition) is 2. The van der Waals surface area contributed by atoms with Crippen LogP contribution in [0.2, 0.25) is 0 Å². The Balaban J connectivity index is 2.20. The first-order valence-electron chi connectivity index (χ1n) is 6.94. The lowest BCUT2D eigenvalue weighted by Crippen LogP contribution is -2.19. The predicted molar refractivity (Wildman–Crippen MR) is 90.1 cm³/mol. The van der Waals surface area contributed by atoms with Gasteiger partial charge in [-0.25, -0.2) is 4.39 Å². The Morgan fingerprint density at radius 3 is 2.57 bits per heavy atom. The lowest BCUT2D eigenvalue weighted by atomic mass is 10.1. The molecule has 1 atom stereocenters. The van der Waals surface area contributed by atoms with E-state index in [0.29, 0.717) is 12.2 Å². The molecule has 2 aromatic rings. The highest BCUT2D eigenvalue weighted by Gasteiger charge is 2.12. The molecule has 0 heterocycles. The minimum Gasteiger partial charge on any atom is -0.368 e. The van der Waals surface area contributed by atoms with Crippen LogP contribution in [0.3, 0.4) is 0 Å². The number of anilines is 1. The largest absolute Gasteiger partial charge is 0.368 e. The van der Waals surface area contributed by atoms with E-state index in [4.69, 9.17) is 0 Å². The van der Waals surface area contributed by atoms with Gasteiger partial charge in [0.1, 0.15) is 5.82 Å². The Kier molecular flexibility index (Phi) is 5.37. The second kappa shape index (κ2) is 7.05. The SMILES string of the molecule is CNC(C)c1ccc(N(C)Cc2ccccc2Br)c(F)c1. The summed E-state index contributed by atoms with van der Waals surface area (Å²) >= 11 is 3.53. The minimum atomic E-state index is -0.191. The molecule has 21 heavy (non-hydrogen) atoms. The topological polar surface area (TPSA) is 15.3 Å². The summed E-state index contributed by atoms with van der Waals surface area (Å²) < 4.78 is 15.4. The normalized spacial score (nSPS) is 12.2. The number of nitrogens with one attached hydrogen (secondary N) is 1. The first-order valence-corrected chi connectivity index (χ1v) is 7.73. The maximum atomic E-state index is 14.3. The highest BCUT2D eigenvalue weighted by Crippen LogP contribution is 2.25. The van der Waals surface area contributed by atoms with Crippen molar-refractivity contribution in [2.45, 2.75) is 19.5 Å². The Bertz CT molecular complexity index is 615. The molecule has 2 nitrogen and oxygen atoms in total. The van der Waals surface area contributed by atoms with Gasteiger partial charge in [0.15, 0.2) is 0 Å². The fourth-order valence-electron chi connectivity index (χ4n) is 2.24. The second-order valence-electron chi connectivity index (χ2n) is 5.17. The maximum absolute atomic E-state index is 14.3. The summed E-state index contributed by atoms with van der Waals surface area (Å²) in [5.41, 5.74) is 2.69. The van der Waals surface area contributed by atoms with Crippen LogP contribution in [0.25, 0.3) is 0 Å². The summed E-state index contributed by atoms with van der Waals surface area (Å²) in [5.74, 6) is -0.191. The van der Waals surface area contributed by atoms with E-state index in [2.05, 4.69) is 21.2 Å². The number of hydrogen-bond donors (Lipinski definition) is 1. The Hall–Kier alpha value is -1.39. The molecule has 1 unspecified atom stereocenters. The molecule has 0 aliphatic rings. The summed E-state index contributed by atoms with van der Waals surface area (Å²) in [7, 11) is 3.77. The summed E-state index contributed by atoms with van der Waals surface area (Å²) in [4.78, 5) is 1.92. The van der Waals surface area contributed by atoms with E-state index in [1.54, 1.807) is 6.07 Å². The highest BCUT2D eigenvalue weighted by atomic mass is 79.9. The summed E-state index contributed by atoms with van der Waals surface area (Å²) in [5, 5.41) is 3.12. The van der Waals surface area contributed by atoms with E-state index in [1.165, 1.54) is 0 Å². The van der Waals surface area contributed by atoms with E-state index in [9.17, 15) is 4.39 Å². The van der Waals surface area contributed by atoms with Gasteiger partial charge in [0, 0.05) is 24.1 Å². The van der Waals surface area contributed by atoms with Crippen molar-refractivity contribution in [2.24, 2.45) is 0 Å². The van der Waals surface area contributed by atoms with Gasteiger partial charge in [0.25, 0.3) is 0 Å². The lowest BCUT2D eigenvalue weighted by molar-refractivity contribution is 0.604. The summed E-state index contributed by atoms with van der Waals surface area (Å²) in [6.07, 6.45) is 0. The zero-order valence-electron chi connectivity index (χ0n) is 12.5. The van der Waals surface area contributed by atoms with Crippen molar-refractivity contribution >= 4 is 21.6 Å². The molecule has 0 amide bonds. The zero-order chi connectivity index (χ0) is 15.4. The van der Waals surface area contributed by atoms with Crippen LogP contribution >= 0.6 is 15.9 Å². The molecular formula is C17H20BrFN2. The van der Waals surface area contributed by atoms with Gasteiger partial charge < -0.3 is 10.2 Å². The molecule has 0 saturated heterocycles. The molecule has 0 aliphatic heterocycles. The number of nitrogens with zero attached hydrogens (tertiary/aromatic N) is 1. The lowest BCUT2D eigenvalue weighted by Gasteiger charge is -2.22. The average Bonchev–Trinajstić information content (AvgIpc) is 2.48. The molecule has 2 rings (SSSR count). The van der Waals surface area contributed by atoms with Crippen molar-refractivity contribution in [3.05, 3.63) is 63.9 Å².